The topological polar surface area (TPSA) is 52.3 Å². The summed E-state index contributed by atoms with van der Waals surface area (Å²) in [6.45, 7) is 6.23. The van der Waals surface area contributed by atoms with Crippen LogP contribution in [0.25, 0.3) is 0 Å². The molecule has 0 heterocycles. The van der Waals surface area contributed by atoms with Gasteiger partial charge in [0.15, 0.2) is 0 Å². The molecule has 2 bridgehead atoms. The molecule has 3 heteroatoms. The second-order valence-electron chi connectivity index (χ2n) is 6.78. The highest BCUT2D eigenvalue weighted by Crippen LogP contribution is 2.53. The molecular weight excluding hydrogens is 214 g/mol. The Morgan fingerprint density at radius 3 is 2.24 bits per heavy atom. The van der Waals surface area contributed by atoms with Crippen molar-refractivity contribution in [2.75, 3.05) is 6.54 Å². The second kappa shape index (κ2) is 4.27. The molecule has 17 heavy (non-hydrogen) atoms. The Balaban J connectivity index is 2.17. The molecule has 0 aromatic rings. The highest BCUT2D eigenvalue weighted by atomic mass is 16.6. The van der Waals surface area contributed by atoms with Gasteiger partial charge in [0.25, 0.3) is 0 Å². The highest BCUT2D eigenvalue weighted by molar-refractivity contribution is 5.78. The third-order valence-electron chi connectivity index (χ3n) is 4.45. The summed E-state index contributed by atoms with van der Waals surface area (Å²) >= 11 is 0. The Bertz CT molecular complexity index is 300. The van der Waals surface area contributed by atoms with Crippen molar-refractivity contribution in [3.63, 3.8) is 0 Å². The van der Waals surface area contributed by atoms with E-state index >= 15 is 0 Å². The van der Waals surface area contributed by atoms with Gasteiger partial charge in [-0.2, -0.15) is 0 Å². The summed E-state index contributed by atoms with van der Waals surface area (Å²) in [4.78, 5) is 12.5. The largest absolute Gasteiger partial charge is 0.459 e. The lowest BCUT2D eigenvalue weighted by Gasteiger charge is -2.50. The van der Waals surface area contributed by atoms with Crippen molar-refractivity contribution in [3.05, 3.63) is 0 Å². The minimum Gasteiger partial charge on any atom is -0.459 e. The Morgan fingerprint density at radius 2 is 1.88 bits per heavy atom. The summed E-state index contributed by atoms with van der Waals surface area (Å²) in [6, 6.07) is 0. The van der Waals surface area contributed by atoms with E-state index < -0.39 is 5.60 Å². The second-order valence-corrected chi connectivity index (χ2v) is 6.78. The maximum Gasteiger partial charge on any atom is 0.314 e. The number of rotatable bonds is 2. The summed E-state index contributed by atoms with van der Waals surface area (Å²) in [5.41, 5.74) is 5.16. The van der Waals surface area contributed by atoms with Crippen molar-refractivity contribution in [1.29, 1.82) is 0 Å². The van der Waals surface area contributed by atoms with Gasteiger partial charge in [-0.05, 0) is 51.9 Å². The van der Waals surface area contributed by atoms with Gasteiger partial charge in [0, 0.05) is 6.54 Å². The minimum absolute atomic E-state index is 0.0538. The molecule has 3 nitrogen and oxygen atoms in total. The number of nitrogens with two attached hydrogens (primary N) is 1. The van der Waals surface area contributed by atoms with Crippen LogP contribution in [0.1, 0.15) is 52.9 Å². The molecule has 3 aliphatic rings. The number of carbonyl (C=O) groups excluding carboxylic acids is 1. The average Bonchev–Trinajstić information content (AvgIpc) is 2.28. The average molecular weight is 239 g/mol. The first kappa shape index (κ1) is 12.9. The fourth-order valence-corrected chi connectivity index (χ4v) is 3.56. The number of hydrogen-bond acceptors (Lipinski definition) is 3. The smallest absolute Gasteiger partial charge is 0.314 e. The van der Waals surface area contributed by atoms with Gasteiger partial charge in [-0.15, -0.1) is 0 Å². The number of esters is 1. The van der Waals surface area contributed by atoms with E-state index in [0.29, 0.717) is 18.4 Å². The van der Waals surface area contributed by atoms with Crippen molar-refractivity contribution >= 4 is 5.97 Å². The van der Waals surface area contributed by atoms with Crippen LogP contribution in [-0.4, -0.2) is 18.1 Å². The molecule has 0 aromatic carbocycles. The summed E-state index contributed by atoms with van der Waals surface area (Å²) < 4.78 is 5.61. The van der Waals surface area contributed by atoms with Crippen LogP contribution >= 0.6 is 0 Å². The van der Waals surface area contributed by atoms with E-state index in [4.69, 9.17) is 10.5 Å². The molecule has 0 aromatic heterocycles. The first-order chi connectivity index (χ1) is 7.87. The third-order valence-corrected chi connectivity index (χ3v) is 4.45. The van der Waals surface area contributed by atoms with Crippen LogP contribution in [0, 0.1) is 17.3 Å². The zero-order valence-corrected chi connectivity index (χ0v) is 11.3. The van der Waals surface area contributed by atoms with E-state index in [-0.39, 0.29) is 11.4 Å². The number of carbonyl (C=O) groups is 1. The van der Waals surface area contributed by atoms with Gasteiger partial charge < -0.3 is 10.5 Å². The lowest BCUT2D eigenvalue weighted by molar-refractivity contribution is -0.178. The standard InChI is InChI=1S/C14H25NO2/c1-13(2,3)17-12(16)14(9-15)8-10-4-6-11(14)7-5-10/h10-11H,4-9,15H2,1-3H3. The van der Waals surface area contributed by atoms with Crippen LogP contribution in [-0.2, 0) is 9.53 Å². The minimum atomic E-state index is -0.407. The Hall–Kier alpha value is -0.570. The predicted molar refractivity (Wildman–Crippen MR) is 67.4 cm³/mol. The normalized spacial score (nSPS) is 36.9. The van der Waals surface area contributed by atoms with Crippen molar-refractivity contribution in [2.45, 2.75) is 58.5 Å². The van der Waals surface area contributed by atoms with Crippen molar-refractivity contribution in [1.82, 2.24) is 0 Å². The quantitative estimate of drug-likeness (QED) is 0.753. The molecule has 1 unspecified atom stereocenters. The van der Waals surface area contributed by atoms with Crippen LogP contribution in [0.3, 0.4) is 0 Å². The lowest BCUT2D eigenvalue weighted by Crippen LogP contribution is -2.53. The van der Waals surface area contributed by atoms with Gasteiger partial charge in [-0.1, -0.05) is 12.8 Å². The Labute approximate surface area is 104 Å². The van der Waals surface area contributed by atoms with Crippen LogP contribution < -0.4 is 5.73 Å². The van der Waals surface area contributed by atoms with Gasteiger partial charge in [0.05, 0.1) is 5.41 Å². The maximum atomic E-state index is 12.5. The fraction of sp³-hybridized carbons (Fsp3) is 0.929. The van der Waals surface area contributed by atoms with Gasteiger partial charge >= 0.3 is 5.97 Å². The van der Waals surface area contributed by atoms with Crippen molar-refractivity contribution in [3.8, 4) is 0 Å². The zero-order chi connectivity index (χ0) is 12.7. The fourth-order valence-electron chi connectivity index (χ4n) is 3.56. The molecule has 2 N–H and O–H groups in total. The third kappa shape index (κ3) is 2.35. The Morgan fingerprint density at radius 1 is 1.29 bits per heavy atom. The molecular formula is C14H25NO2. The van der Waals surface area contributed by atoms with E-state index in [1.807, 2.05) is 20.8 Å². The number of ether oxygens (including phenoxy) is 1. The molecule has 3 aliphatic carbocycles. The summed E-state index contributed by atoms with van der Waals surface area (Å²) in [7, 11) is 0. The van der Waals surface area contributed by atoms with E-state index in [0.717, 1.165) is 19.3 Å². The van der Waals surface area contributed by atoms with Gasteiger partial charge in [0.2, 0.25) is 0 Å². The summed E-state index contributed by atoms with van der Waals surface area (Å²) in [6.07, 6.45) is 5.80. The van der Waals surface area contributed by atoms with E-state index in [2.05, 4.69) is 0 Å². The molecule has 0 radical (unpaired) electrons. The molecule has 0 spiro atoms. The number of fused-ring (bicyclic) bond motifs is 3. The van der Waals surface area contributed by atoms with Crippen LogP contribution in [0.15, 0.2) is 0 Å². The summed E-state index contributed by atoms with van der Waals surface area (Å²) in [5, 5.41) is 0. The summed E-state index contributed by atoms with van der Waals surface area (Å²) in [5.74, 6) is 1.09. The van der Waals surface area contributed by atoms with Crippen LogP contribution in [0.4, 0.5) is 0 Å². The van der Waals surface area contributed by atoms with Crippen LogP contribution in [0.2, 0.25) is 0 Å². The molecule has 0 saturated heterocycles. The van der Waals surface area contributed by atoms with Gasteiger partial charge in [-0.25, -0.2) is 0 Å². The van der Waals surface area contributed by atoms with E-state index in [1.54, 1.807) is 0 Å². The molecule has 98 valence electrons. The molecule has 0 aliphatic heterocycles. The monoisotopic (exact) mass is 239 g/mol. The maximum absolute atomic E-state index is 12.5. The predicted octanol–water partition coefficient (Wildman–Crippen LogP) is 2.48. The van der Waals surface area contributed by atoms with E-state index in [9.17, 15) is 4.79 Å². The van der Waals surface area contributed by atoms with E-state index in [1.165, 1.54) is 12.8 Å². The van der Waals surface area contributed by atoms with Crippen molar-refractivity contribution in [2.24, 2.45) is 23.0 Å². The van der Waals surface area contributed by atoms with Crippen molar-refractivity contribution < 1.29 is 9.53 Å². The molecule has 1 atom stereocenters. The Kier molecular flexibility index (Phi) is 3.23. The molecule has 3 rings (SSSR count). The molecule has 3 fully saturated rings. The molecule has 0 amide bonds. The first-order valence-electron chi connectivity index (χ1n) is 6.81. The SMILES string of the molecule is CC(C)(C)OC(=O)C1(CN)CC2CCC1CC2. The number of hydrogen-bond donors (Lipinski definition) is 1. The zero-order valence-electron chi connectivity index (χ0n) is 11.3. The van der Waals surface area contributed by atoms with Gasteiger partial charge in [-0.3, -0.25) is 4.79 Å². The lowest BCUT2D eigenvalue weighted by atomic mass is 9.56. The molecule has 3 saturated carbocycles. The highest BCUT2D eigenvalue weighted by Gasteiger charge is 2.53. The van der Waals surface area contributed by atoms with Gasteiger partial charge in [0.1, 0.15) is 5.60 Å². The van der Waals surface area contributed by atoms with Crippen LogP contribution in [0.5, 0.6) is 0 Å². The first-order valence-corrected chi connectivity index (χ1v) is 6.81.